The highest BCUT2D eigenvalue weighted by Crippen LogP contribution is 2.24. The molecular weight excluding hydrogens is 464 g/mol. The molecule has 0 aliphatic carbocycles. The third-order valence-corrected chi connectivity index (χ3v) is 6.24. The van der Waals surface area contributed by atoms with Crippen molar-refractivity contribution in [3.63, 3.8) is 0 Å². The molecule has 0 fully saturated rings. The summed E-state index contributed by atoms with van der Waals surface area (Å²) in [6, 6.07) is 11.1. The van der Waals surface area contributed by atoms with Crippen molar-refractivity contribution in [1.82, 2.24) is 15.3 Å². The standard InChI is InChI=1S/C22H24N4O5S2/c1-2-16-14-32-22(24-16)19(13-15-6-8-17(9-7-15)26-33(29,30)31)25-21(28)11-10-20(27)18-5-3-4-12-23-18/h3-9,12,14,19,26H,2,10-11,13H2,1H3,(H,25,28)(H,29,30,31). The van der Waals surface area contributed by atoms with Gasteiger partial charge >= 0.3 is 10.3 Å². The topological polar surface area (TPSA) is 138 Å². The normalized spacial score (nSPS) is 12.2. The van der Waals surface area contributed by atoms with Gasteiger partial charge in [-0.15, -0.1) is 11.3 Å². The molecule has 1 unspecified atom stereocenters. The molecule has 174 valence electrons. The first-order chi connectivity index (χ1) is 15.7. The van der Waals surface area contributed by atoms with Crippen LogP contribution in [0.3, 0.4) is 0 Å². The Morgan fingerprint density at radius 3 is 2.48 bits per heavy atom. The van der Waals surface area contributed by atoms with Crippen LogP contribution in [0.15, 0.2) is 54.0 Å². The van der Waals surface area contributed by atoms with E-state index < -0.39 is 16.3 Å². The number of ketones is 1. The highest BCUT2D eigenvalue weighted by atomic mass is 32.2. The number of hydrogen-bond donors (Lipinski definition) is 3. The van der Waals surface area contributed by atoms with E-state index in [2.05, 4.69) is 15.3 Å². The molecule has 0 saturated heterocycles. The Morgan fingerprint density at radius 2 is 1.88 bits per heavy atom. The summed E-state index contributed by atoms with van der Waals surface area (Å²) in [5.41, 5.74) is 2.30. The summed E-state index contributed by atoms with van der Waals surface area (Å²) in [4.78, 5) is 33.5. The average Bonchev–Trinajstić information content (AvgIpc) is 3.27. The van der Waals surface area contributed by atoms with Crippen LogP contribution in [0, 0.1) is 0 Å². The minimum absolute atomic E-state index is 0.0230. The summed E-state index contributed by atoms with van der Waals surface area (Å²) in [5.74, 6) is -0.478. The number of benzene rings is 1. The number of nitrogens with one attached hydrogen (secondary N) is 2. The zero-order valence-electron chi connectivity index (χ0n) is 17.9. The number of hydrogen-bond acceptors (Lipinski definition) is 7. The number of aryl methyl sites for hydroxylation is 1. The third-order valence-electron chi connectivity index (χ3n) is 4.74. The number of amides is 1. The number of thiazole rings is 1. The average molecular weight is 489 g/mol. The molecule has 2 aromatic heterocycles. The summed E-state index contributed by atoms with van der Waals surface area (Å²) in [6.07, 6.45) is 2.79. The van der Waals surface area contributed by atoms with Gasteiger partial charge in [0, 0.05) is 24.4 Å². The van der Waals surface area contributed by atoms with E-state index in [1.165, 1.54) is 29.7 Å². The molecule has 0 bridgehead atoms. The maximum Gasteiger partial charge on any atom is 0.357 e. The smallest absolute Gasteiger partial charge is 0.347 e. The minimum atomic E-state index is -4.35. The third kappa shape index (κ3) is 7.74. The molecule has 0 spiro atoms. The molecule has 3 N–H and O–H groups in total. The molecule has 9 nitrogen and oxygen atoms in total. The first kappa shape index (κ1) is 24.5. The zero-order chi connectivity index (χ0) is 23.8. The van der Waals surface area contributed by atoms with Crippen LogP contribution in [-0.4, -0.2) is 34.6 Å². The number of aromatic nitrogens is 2. The van der Waals surface area contributed by atoms with Gasteiger partial charge in [-0.05, 0) is 42.7 Å². The summed E-state index contributed by atoms with van der Waals surface area (Å²) in [6.45, 7) is 2.00. The van der Waals surface area contributed by atoms with E-state index in [1.54, 1.807) is 30.3 Å². The van der Waals surface area contributed by atoms with Crippen LogP contribution >= 0.6 is 11.3 Å². The second-order valence-electron chi connectivity index (χ2n) is 7.27. The van der Waals surface area contributed by atoms with Gasteiger partial charge in [0.25, 0.3) is 0 Å². The number of rotatable bonds is 11. The predicted molar refractivity (Wildman–Crippen MR) is 125 cm³/mol. The lowest BCUT2D eigenvalue weighted by molar-refractivity contribution is -0.121. The number of anilines is 1. The quantitative estimate of drug-likeness (QED) is 0.278. The molecule has 0 aliphatic rings. The molecule has 0 aliphatic heterocycles. The van der Waals surface area contributed by atoms with Crippen molar-refractivity contribution in [3.8, 4) is 0 Å². The first-order valence-corrected chi connectivity index (χ1v) is 12.6. The van der Waals surface area contributed by atoms with Crippen molar-refractivity contribution >= 4 is 39.0 Å². The van der Waals surface area contributed by atoms with Crippen molar-refractivity contribution < 1.29 is 22.6 Å². The SMILES string of the molecule is CCc1csc(C(Cc2ccc(NS(=O)(=O)O)cc2)NC(=O)CCC(=O)c2ccccn2)n1. The molecule has 3 aromatic rings. The van der Waals surface area contributed by atoms with Crippen molar-refractivity contribution in [2.24, 2.45) is 0 Å². The fraction of sp³-hybridized carbons (Fsp3) is 0.273. The van der Waals surface area contributed by atoms with E-state index in [-0.39, 0.29) is 30.2 Å². The largest absolute Gasteiger partial charge is 0.357 e. The summed E-state index contributed by atoms with van der Waals surface area (Å²) < 4.78 is 32.8. The highest BCUT2D eigenvalue weighted by Gasteiger charge is 2.20. The van der Waals surface area contributed by atoms with Gasteiger partial charge in [0.15, 0.2) is 5.78 Å². The molecule has 1 aromatic carbocycles. The van der Waals surface area contributed by atoms with Crippen molar-refractivity contribution in [2.45, 2.75) is 38.6 Å². The fourth-order valence-corrected chi connectivity index (χ4v) is 4.47. The van der Waals surface area contributed by atoms with Crippen molar-refractivity contribution in [1.29, 1.82) is 0 Å². The molecule has 3 rings (SSSR count). The molecular formula is C22H24N4O5S2. The molecule has 11 heteroatoms. The Labute approximate surface area is 196 Å². The number of carbonyl (C=O) groups is 2. The van der Waals surface area contributed by atoms with E-state index >= 15 is 0 Å². The number of Topliss-reactive ketones (excluding diaryl/α,β-unsaturated/α-hetero) is 1. The van der Waals surface area contributed by atoms with Gasteiger partial charge in [-0.25, -0.2) is 4.98 Å². The Bertz CT molecular complexity index is 1200. The Hall–Kier alpha value is -3.15. The Balaban J connectivity index is 1.68. The van der Waals surface area contributed by atoms with E-state index in [0.29, 0.717) is 12.1 Å². The first-order valence-electron chi connectivity index (χ1n) is 10.3. The molecule has 1 atom stereocenters. The monoisotopic (exact) mass is 488 g/mol. The van der Waals surface area contributed by atoms with Gasteiger partial charge in [0.2, 0.25) is 5.91 Å². The second-order valence-corrected chi connectivity index (χ2v) is 9.31. The van der Waals surface area contributed by atoms with Crippen LogP contribution in [0.1, 0.15) is 52.6 Å². The highest BCUT2D eigenvalue weighted by molar-refractivity contribution is 7.87. The molecule has 33 heavy (non-hydrogen) atoms. The molecule has 1 amide bonds. The van der Waals surface area contributed by atoms with E-state index in [0.717, 1.165) is 22.7 Å². The fourth-order valence-electron chi connectivity index (χ4n) is 3.09. The minimum Gasteiger partial charge on any atom is -0.347 e. The lowest BCUT2D eigenvalue weighted by atomic mass is 10.1. The second kappa shape index (κ2) is 11.1. The predicted octanol–water partition coefficient (Wildman–Crippen LogP) is 3.38. The van der Waals surface area contributed by atoms with Crippen LogP contribution in [-0.2, 0) is 27.9 Å². The van der Waals surface area contributed by atoms with E-state index in [4.69, 9.17) is 4.55 Å². The number of carbonyl (C=O) groups excluding carboxylic acids is 2. The number of nitrogens with zero attached hydrogens (tertiary/aromatic N) is 2. The van der Waals surface area contributed by atoms with Gasteiger partial charge in [-0.2, -0.15) is 8.42 Å². The van der Waals surface area contributed by atoms with E-state index in [1.807, 2.05) is 17.0 Å². The summed E-state index contributed by atoms with van der Waals surface area (Å²) in [5, 5.41) is 5.65. The van der Waals surface area contributed by atoms with Crippen LogP contribution in [0.4, 0.5) is 5.69 Å². The van der Waals surface area contributed by atoms with Crippen molar-refractivity contribution in [3.05, 3.63) is 76.0 Å². The summed E-state index contributed by atoms with van der Waals surface area (Å²) in [7, 11) is -4.35. The Morgan fingerprint density at radius 1 is 1.12 bits per heavy atom. The Kier molecular flexibility index (Phi) is 8.26. The van der Waals surface area contributed by atoms with Gasteiger partial charge in [0.1, 0.15) is 10.7 Å². The van der Waals surface area contributed by atoms with Crippen molar-refractivity contribution in [2.75, 3.05) is 4.72 Å². The lowest BCUT2D eigenvalue weighted by Gasteiger charge is -2.17. The lowest BCUT2D eigenvalue weighted by Crippen LogP contribution is -2.30. The zero-order valence-corrected chi connectivity index (χ0v) is 19.5. The summed E-state index contributed by atoms with van der Waals surface area (Å²) >= 11 is 1.45. The van der Waals surface area contributed by atoms with Gasteiger partial charge in [0.05, 0.1) is 17.4 Å². The number of pyridine rings is 1. The maximum atomic E-state index is 12.6. The molecule has 0 saturated carbocycles. The van der Waals surface area contributed by atoms with Crippen LogP contribution < -0.4 is 10.0 Å². The van der Waals surface area contributed by atoms with Crippen LogP contribution in [0.2, 0.25) is 0 Å². The van der Waals surface area contributed by atoms with Gasteiger partial charge in [-0.3, -0.25) is 23.8 Å². The van der Waals surface area contributed by atoms with Crippen LogP contribution in [0.5, 0.6) is 0 Å². The van der Waals surface area contributed by atoms with Gasteiger partial charge in [-0.1, -0.05) is 25.1 Å². The molecule has 2 heterocycles. The van der Waals surface area contributed by atoms with E-state index in [9.17, 15) is 18.0 Å². The van der Waals surface area contributed by atoms with Crippen LogP contribution in [0.25, 0.3) is 0 Å². The maximum absolute atomic E-state index is 12.6. The molecule has 0 radical (unpaired) electrons. The van der Waals surface area contributed by atoms with Gasteiger partial charge < -0.3 is 5.32 Å².